The molecule has 0 aliphatic rings. The van der Waals surface area contributed by atoms with Crippen LogP contribution in [0, 0.1) is 6.92 Å². The van der Waals surface area contributed by atoms with Gasteiger partial charge in [-0.25, -0.2) is 4.52 Å². The summed E-state index contributed by atoms with van der Waals surface area (Å²) in [4.78, 5) is 10.7. The maximum atomic E-state index is 10.7. The number of aromatic nitrogens is 2. The molecule has 0 amide bonds. The van der Waals surface area contributed by atoms with Crippen LogP contribution in [0.4, 0.5) is 0 Å². The summed E-state index contributed by atoms with van der Waals surface area (Å²) in [5, 5.41) is 12.9. The lowest BCUT2D eigenvalue weighted by atomic mass is 10.1. The predicted molar refractivity (Wildman–Crippen MR) is 54.5 cm³/mol. The van der Waals surface area contributed by atoms with Crippen molar-refractivity contribution in [3.8, 4) is 0 Å². The van der Waals surface area contributed by atoms with Gasteiger partial charge in [-0.15, -0.1) is 0 Å². The molecular formula is C10H11N3O2. The van der Waals surface area contributed by atoms with Crippen LogP contribution >= 0.6 is 0 Å². The van der Waals surface area contributed by atoms with E-state index in [4.69, 9.17) is 10.8 Å². The van der Waals surface area contributed by atoms with Gasteiger partial charge in [0.15, 0.2) is 0 Å². The van der Waals surface area contributed by atoms with E-state index < -0.39 is 12.0 Å². The number of hydrogen-bond acceptors (Lipinski definition) is 3. The summed E-state index contributed by atoms with van der Waals surface area (Å²) in [6.07, 6.45) is 1.64. The number of nitrogens with zero attached hydrogens (tertiary/aromatic N) is 2. The van der Waals surface area contributed by atoms with Gasteiger partial charge in [0.2, 0.25) is 0 Å². The summed E-state index contributed by atoms with van der Waals surface area (Å²) in [5.41, 5.74) is 7.84. The SMILES string of the molecule is Cc1cc2ccc(C(N)C(=O)O)cn2n1. The van der Waals surface area contributed by atoms with E-state index in [-0.39, 0.29) is 0 Å². The molecule has 2 aromatic rings. The van der Waals surface area contributed by atoms with Gasteiger partial charge in [-0.2, -0.15) is 5.10 Å². The molecule has 0 radical (unpaired) electrons. The van der Waals surface area contributed by atoms with Crippen molar-refractivity contribution in [1.29, 1.82) is 0 Å². The Morgan fingerprint density at radius 2 is 2.33 bits per heavy atom. The van der Waals surface area contributed by atoms with E-state index in [2.05, 4.69) is 5.10 Å². The molecule has 2 aromatic heterocycles. The molecule has 0 aliphatic carbocycles. The number of carboxylic acid groups (broad SMARTS) is 1. The van der Waals surface area contributed by atoms with E-state index >= 15 is 0 Å². The van der Waals surface area contributed by atoms with Crippen molar-refractivity contribution in [1.82, 2.24) is 9.61 Å². The minimum atomic E-state index is -1.04. The fourth-order valence-electron chi connectivity index (χ4n) is 1.46. The van der Waals surface area contributed by atoms with Crippen molar-refractivity contribution < 1.29 is 9.90 Å². The number of carboxylic acids is 1. The normalized spacial score (nSPS) is 12.9. The fraction of sp³-hybridized carbons (Fsp3) is 0.200. The third-order valence-corrected chi connectivity index (χ3v) is 2.23. The number of carbonyl (C=O) groups is 1. The van der Waals surface area contributed by atoms with Gasteiger partial charge >= 0.3 is 5.97 Å². The summed E-state index contributed by atoms with van der Waals surface area (Å²) >= 11 is 0. The van der Waals surface area contributed by atoms with Crippen molar-refractivity contribution in [2.75, 3.05) is 0 Å². The lowest BCUT2D eigenvalue weighted by Crippen LogP contribution is -2.20. The van der Waals surface area contributed by atoms with Crippen LogP contribution < -0.4 is 5.73 Å². The van der Waals surface area contributed by atoms with E-state index in [1.165, 1.54) is 0 Å². The van der Waals surface area contributed by atoms with E-state index in [9.17, 15) is 4.79 Å². The molecule has 1 atom stereocenters. The molecule has 1 unspecified atom stereocenters. The minimum Gasteiger partial charge on any atom is -0.480 e. The number of rotatable bonds is 2. The zero-order chi connectivity index (χ0) is 11.0. The smallest absolute Gasteiger partial charge is 0.325 e. The number of hydrogen-bond donors (Lipinski definition) is 2. The van der Waals surface area contributed by atoms with Crippen LogP contribution in [0.1, 0.15) is 17.3 Å². The minimum absolute atomic E-state index is 0.540. The largest absolute Gasteiger partial charge is 0.480 e. The molecule has 0 fully saturated rings. The summed E-state index contributed by atoms with van der Waals surface area (Å²) in [6.45, 7) is 1.88. The fourth-order valence-corrected chi connectivity index (χ4v) is 1.46. The average molecular weight is 205 g/mol. The Balaban J connectivity index is 2.50. The third-order valence-electron chi connectivity index (χ3n) is 2.23. The quantitative estimate of drug-likeness (QED) is 0.757. The summed E-state index contributed by atoms with van der Waals surface area (Å²) in [6, 6.07) is 4.42. The number of pyridine rings is 1. The lowest BCUT2D eigenvalue weighted by Gasteiger charge is -2.06. The van der Waals surface area contributed by atoms with E-state index in [1.807, 2.05) is 13.0 Å². The Bertz CT molecular complexity index is 518. The summed E-state index contributed by atoms with van der Waals surface area (Å²) in [5.74, 6) is -1.04. The molecule has 15 heavy (non-hydrogen) atoms. The Kier molecular flexibility index (Phi) is 2.17. The van der Waals surface area contributed by atoms with Gasteiger partial charge in [0.05, 0.1) is 11.2 Å². The Morgan fingerprint density at radius 1 is 1.60 bits per heavy atom. The molecule has 78 valence electrons. The Labute approximate surface area is 86.1 Å². The highest BCUT2D eigenvalue weighted by Gasteiger charge is 2.14. The van der Waals surface area contributed by atoms with Crippen molar-refractivity contribution in [3.63, 3.8) is 0 Å². The molecule has 2 heterocycles. The molecule has 3 N–H and O–H groups in total. The van der Waals surface area contributed by atoms with E-state index in [1.54, 1.807) is 22.8 Å². The van der Waals surface area contributed by atoms with Crippen LogP contribution in [0.25, 0.3) is 5.52 Å². The lowest BCUT2D eigenvalue weighted by molar-refractivity contribution is -0.138. The topological polar surface area (TPSA) is 80.6 Å². The third kappa shape index (κ3) is 1.69. The van der Waals surface area contributed by atoms with Crippen LogP contribution in [-0.2, 0) is 4.79 Å². The van der Waals surface area contributed by atoms with Crippen LogP contribution in [-0.4, -0.2) is 20.7 Å². The summed E-state index contributed by atoms with van der Waals surface area (Å²) in [7, 11) is 0. The zero-order valence-electron chi connectivity index (χ0n) is 8.21. The second-order valence-electron chi connectivity index (χ2n) is 3.43. The van der Waals surface area contributed by atoms with Gasteiger partial charge in [0.1, 0.15) is 6.04 Å². The molecule has 0 aromatic carbocycles. The molecule has 0 saturated carbocycles. The highest BCUT2D eigenvalue weighted by Crippen LogP contribution is 2.13. The van der Waals surface area contributed by atoms with Crippen LogP contribution in [0.3, 0.4) is 0 Å². The molecule has 0 saturated heterocycles. The van der Waals surface area contributed by atoms with Crippen LogP contribution in [0.2, 0.25) is 0 Å². The first-order valence-electron chi connectivity index (χ1n) is 4.52. The summed E-state index contributed by atoms with van der Waals surface area (Å²) < 4.78 is 1.63. The van der Waals surface area contributed by atoms with Gasteiger partial charge in [-0.05, 0) is 24.6 Å². The Morgan fingerprint density at radius 3 is 3.00 bits per heavy atom. The first-order chi connectivity index (χ1) is 7.08. The number of nitrogens with two attached hydrogens (primary N) is 1. The number of aryl methyl sites for hydroxylation is 1. The molecular weight excluding hydrogens is 194 g/mol. The second-order valence-corrected chi connectivity index (χ2v) is 3.43. The number of fused-ring (bicyclic) bond motifs is 1. The first-order valence-corrected chi connectivity index (χ1v) is 4.52. The van der Waals surface area contributed by atoms with Crippen LogP contribution in [0.5, 0.6) is 0 Å². The molecule has 0 aliphatic heterocycles. The maximum absolute atomic E-state index is 10.7. The van der Waals surface area contributed by atoms with Crippen LogP contribution in [0.15, 0.2) is 24.4 Å². The molecule has 0 bridgehead atoms. The van der Waals surface area contributed by atoms with Gasteiger partial charge in [0, 0.05) is 6.20 Å². The maximum Gasteiger partial charge on any atom is 0.325 e. The standard InChI is InChI=1S/C10H11N3O2/c1-6-4-8-3-2-7(5-13(8)12-6)9(11)10(14)15/h2-5,9H,11H2,1H3,(H,14,15). The van der Waals surface area contributed by atoms with Crippen molar-refractivity contribution >= 4 is 11.5 Å². The molecule has 0 spiro atoms. The van der Waals surface area contributed by atoms with Gasteiger partial charge in [-0.3, -0.25) is 4.79 Å². The Hall–Kier alpha value is -1.88. The molecule has 5 nitrogen and oxygen atoms in total. The first kappa shape index (κ1) is 9.67. The van der Waals surface area contributed by atoms with Gasteiger partial charge < -0.3 is 10.8 Å². The van der Waals surface area contributed by atoms with E-state index in [0.717, 1.165) is 11.2 Å². The average Bonchev–Trinajstić information content (AvgIpc) is 2.55. The zero-order valence-corrected chi connectivity index (χ0v) is 8.21. The van der Waals surface area contributed by atoms with Crippen molar-refractivity contribution in [2.24, 2.45) is 5.73 Å². The highest BCUT2D eigenvalue weighted by atomic mass is 16.4. The number of aliphatic carboxylic acids is 1. The molecule has 5 heteroatoms. The van der Waals surface area contributed by atoms with Gasteiger partial charge in [-0.1, -0.05) is 6.07 Å². The van der Waals surface area contributed by atoms with Crippen molar-refractivity contribution in [3.05, 3.63) is 35.7 Å². The second kappa shape index (κ2) is 3.36. The monoisotopic (exact) mass is 205 g/mol. The predicted octanol–water partition coefficient (Wildman–Crippen LogP) is 0.727. The molecule has 2 rings (SSSR count). The highest BCUT2D eigenvalue weighted by molar-refractivity contribution is 5.75. The van der Waals surface area contributed by atoms with E-state index in [0.29, 0.717) is 5.56 Å². The van der Waals surface area contributed by atoms with Crippen molar-refractivity contribution in [2.45, 2.75) is 13.0 Å². The van der Waals surface area contributed by atoms with Gasteiger partial charge in [0.25, 0.3) is 0 Å².